The molecule has 3 heterocycles. The fourth-order valence-corrected chi connectivity index (χ4v) is 6.01. The van der Waals surface area contributed by atoms with E-state index in [1.54, 1.807) is 16.2 Å². The molecule has 1 atom stereocenters. The predicted octanol–water partition coefficient (Wildman–Crippen LogP) is 4.92. The van der Waals surface area contributed by atoms with E-state index in [4.69, 9.17) is 0 Å². The summed E-state index contributed by atoms with van der Waals surface area (Å²) in [6.45, 7) is 6.79. The van der Waals surface area contributed by atoms with Gasteiger partial charge in [-0.25, -0.2) is 0 Å². The Morgan fingerprint density at radius 2 is 2.03 bits per heavy atom. The molecule has 2 amide bonds. The van der Waals surface area contributed by atoms with Crippen LogP contribution in [0.5, 0.6) is 0 Å². The van der Waals surface area contributed by atoms with Crippen LogP contribution in [0.3, 0.4) is 0 Å². The Balaban J connectivity index is 1.69. The Morgan fingerprint density at radius 3 is 2.71 bits per heavy atom. The SMILES string of the molecule is CC(C)CCN1C(=O)c2cc3sc(CCF)cc3n2CC1(C)C(=O)NC1CCCCC1. The Hall–Kier alpha value is -1.89. The van der Waals surface area contributed by atoms with Crippen molar-refractivity contribution in [3.63, 3.8) is 0 Å². The zero-order valence-corrected chi connectivity index (χ0v) is 19.7. The number of hydrogen-bond donors (Lipinski definition) is 1. The number of nitrogens with zero attached hydrogens (tertiary/aromatic N) is 2. The van der Waals surface area contributed by atoms with E-state index in [9.17, 15) is 14.0 Å². The highest BCUT2D eigenvalue weighted by Crippen LogP contribution is 2.36. The minimum absolute atomic E-state index is 0.0526. The number of amides is 2. The van der Waals surface area contributed by atoms with Gasteiger partial charge in [0, 0.05) is 23.9 Å². The lowest BCUT2D eigenvalue weighted by Gasteiger charge is -2.45. The van der Waals surface area contributed by atoms with Crippen molar-refractivity contribution in [2.24, 2.45) is 5.92 Å². The van der Waals surface area contributed by atoms with Gasteiger partial charge in [-0.2, -0.15) is 0 Å². The van der Waals surface area contributed by atoms with Crippen LogP contribution in [0.1, 0.15) is 74.7 Å². The third kappa shape index (κ3) is 4.26. The second-order valence-electron chi connectivity index (χ2n) is 9.74. The highest BCUT2D eigenvalue weighted by atomic mass is 32.1. The molecular formula is C24H34FN3O2S. The standard InChI is InChI=1S/C24H34FN3O2S/c1-16(2)10-12-28-22(29)20-14-21-19(13-18(31-21)9-11-25)27(20)15-24(28,3)23(30)26-17-7-5-4-6-8-17/h13-14,16-17H,4-12,15H2,1-3H3,(H,26,30). The number of carbonyl (C=O) groups excluding carboxylic acids is 2. The summed E-state index contributed by atoms with van der Waals surface area (Å²) in [6, 6.07) is 4.11. The second kappa shape index (κ2) is 8.93. The molecule has 1 fully saturated rings. The van der Waals surface area contributed by atoms with Gasteiger partial charge < -0.3 is 14.8 Å². The van der Waals surface area contributed by atoms with Gasteiger partial charge in [-0.05, 0) is 44.2 Å². The Labute approximate surface area is 188 Å². The number of fused-ring (bicyclic) bond motifs is 3. The van der Waals surface area contributed by atoms with E-state index >= 15 is 0 Å². The summed E-state index contributed by atoms with van der Waals surface area (Å²) in [4.78, 5) is 30.0. The van der Waals surface area contributed by atoms with Gasteiger partial charge in [0.1, 0.15) is 11.2 Å². The van der Waals surface area contributed by atoms with Crippen molar-refractivity contribution in [1.29, 1.82) is 0 Å². The van der Waals surface area contributed by atoms with Gasteiger partial charge in [0.2, 0.25) is 5.91 Å². The highest BCUT2D eigenvalue weighted by Gasteiger charge is 2.48. The summed E-state index contributed by atoms with van der Waals surface area (Å²) in [5, 5.41) is 3.27. The van der Waals surface area contributed by atoms with Crippen LogP contribution < -0.4 is 5.32 Å². The first-order chi connectivity index (χ1) is 14.8. The molecule has 2 aromatic heterocycles. The molecule has 0 bridgehead atoms. The highest BCUT2D eigenvalue weighted by molar-refractivity contribution is 7.19. The number of carbonyl (C=O) groups is 2. The first kappa shape index (κ1) is 22.3. The minimum atomic E-state index is -0.940. The van der Waals surface area contributed by atoms with Gasteiger partial charge in [0.05, 0.1) is 23.4 Å². The average Bonchev–Trinajstić information content (AvgIpc) is 3.27. The topological polar surface area (TPSA) is 54.3 Å². The van der Waals surface area contributed by atoms with Crippen molar-refractivity contribution in [2.45, 2.75) is 83.8 Å². The van der Waals surface area contributed by atoms with Crippen molar-refractivity contribution < 1.29 is 14.0 Å². The minimum Gasteiger partial charge on any atom is -0.351 e. The van der Waals surface area contributed by atoms with Crippen molar-refractivity contribution >= 4 is 33.4 Å². The van der Waals surface area contributed by atoms with Crippen LogP contribution in [0.15, 0.2) is 12.1 Å². The summed E-state index contributed by atoms with van der Waals surface area (Å²) in [5.74, 6) is 0.311. The van der Waals surface area contributed by atoms with Crippen LogP contribution in [-0.2, 0) is 17.8 Å². The second-order valence-corrected chi connectivity index (χ2v) is 10.9. The summed E-state index contributed by atoms with van der Waals surface area (Å²) in [6.07, 6.45) is 6.79. The van der Waals surface area contributed by atoms with Crippen molar-refractivity contribution in [2.75, 3.05) is 13.2 Å². The maximum absolute atomic E-state index is 13.6. The quantitative estimate of drug-likeness (QED) is 0.655. The van der Waals surface area contributed by atoms with E-state index in [0.717, 1.165) is 47.2 Å². The van der Waals surface area contributed by atoms with Gasteiger partial charge in [0.15, 0.2) is 0 Å². The van der Waals surface area contributed by atoms with Crippen LogP contribution in [0.4, 0.5) is 4.39 Å². The van der Waals surface area contributed by atoms with E-state index < -0.39 is 5.54 Å². The lowest BCUT2D eigenvalue weighted by atomic mass is 9.91. The molecule has 1 saturated carbocycles. The van der Waals surface area contributed by atoms with Crippen LogP contribution in [-0.4, -0.2) is 46.1 Å². The molecule has 7 heteroatoms. The molecule has 1 aliphatic heterocycles. The number of halogens is 1. The Bertz CT molecular complexity index is 960. The molecule has 2 aliphatic rings. The number of aryl methyl sites for hydroxylation is 1. The van der Waals surface area contributed by atoms with Crippen LogP contribution >= 0.6 is 11.3 Å². The molecular weight excluding hydrogens is 413 g/mol. The van der Waals surface area contributed by atoms with Gasteiger partial charge >= 0.3 is 0 Å². The number of rotatable bonds is 7. The Morgan fingerprint density at radius 1 is 1.29 bits per heavy atom. The average molecular weight is 448 g/mol. The number of alkyl halides is 1. The smallest absolute Gasteiger partial charge is 0.271 e. The number of thiophene rings is 1. The summed E-state index contributed by atoms with van der Waals surface area (Å²) in [5.41, 5.74) is 0.640. The number of hydrogen-bond acceptors (Lipinski definition) is 3. The summed E-state index contributed by atoms with van der Waals surface area (Å²) in [7, 11) is 0. The predicted molar refractivity (Wildman–Crippen MR) is 123 cm³/mol. The van der Waals surface area contributed by atoms with E-state index in [-0.39, 0.29) is 24.5 Å². The first-order valence-electron chi connectivity index (χ1n) is 11.6. The third-order valence-corrected chi connectivity index (χ3v) is 8.00. The third-order valence-electron chi connectivity index (χ3n) is 6.87. The van der Waals surface area contributed by atoms with Gasteiger partial charge in [-0.3, -0.25) is 14.0 Å². The van der Waals surface area contributed by atoms with Crippen molar-refractivity contribution in [3.8, 4) is 0 Å². The normalized spacial score (nSPS) is 22.4. The largest absolute Gasteiger partial charge is 0.351 e. The number of aromatic nitrogens is 1. The lowest BCUT2D eigenvalue weighted by Crippen LogP contribution is -2.65. The van der Waals surface area contributed by atoms with E-state index in [2.05, 4.69) is 19.2 Å². The van der Waals surface area contributed by atoms with Crippen molar-refractivity contribution in [3.05, 3.63) is 22.7 Å². The molecule has 31 heavy (non-hydrogen) atoms. The zero-order valence-electron chi connectivity index (χ0n) is 18.9. The molecule has 2 aromatic rings. The molecule has 1 unspecified atom stereocenters. The lowest BCUT2D eigenvalue weighted by molar-refractivity contribution is -0.133. The molecule has 1 N–H and O–H groups in total. The van der Waals surface area contributed by atoms with E-state index in [1.165, 1.54) is 6.42 Å². The maximum Gasteiger partial charge on any atom is 0.271 e. The van der Waals surface area contributed by atoms with Gasteiger partial charge in [-0.1, -0.05) is 33.1 Å². The van der Waals surface area contributed by atoms with E-state index in [0.29, 0.717) is 31.1 Å². The fraction of sp³-hybridized carbons (Fsp3) is 0.667. The van der Waals surface area contributed by atoms with Gasteiger partial charge in [0.25, 0.3) is 5.91 Å². The summed E-state index contributed by atoms with van der Waals surface area (Å²) >= 11 is 1.54. The van der Waals surface area contributed by atoms with Crippen LogP contribution in [0.2, 0.25) is 0 Å². The molecule has 1 aliphatic carbocycles. The van der Waals surface area contributed by atoms with Crippen LogP contribution in [0.25, 0.3) is 10.2 Å². The number of nitrogens with one attached hydrogen (secondary N) is 1. The molecule has 0 saturated heterocycles. The molecule has 0 radical (unpaired) electrons. The molecule has 0 aromatic carbocycles. The van der Waals surface area contributed by atoms with Crippen molar-refractivity contribution in [1.82, 2.24) is 14.8 Å². The monoisotopic (exact) mass is 447 g/mol. The van der Waals surface area contributed by atoms with E-state index in [1.807, 2.05) is 23.6 Å². The zero-order chi connectivity index (χ0) is 22.2. The fourth-order valence-electron chi connectivity index (χ4n) is 4.93. The van der Waals surface area contributed by atoms with Gasteiger partial charge in [-0.15, -0.1) is 11.3 Å². The molecule has 5 nitrogen and oxygen atoms in total. The summed E-state index contributed by atoms with van der Waals surface area (Å²) < 4.78 is 15.8. The first-order valence-corrected chi connectivity index (χ1v) is 12.5. The molecule has 4 rings (SSSR count). The molecule has 0 spiro atoms. The molecule has 170 valence electrons. The Kier molecular flexibility index (Phi) is 6.42. The van der Waals surface area contributed by atoms with Crippen LogP contribution in [0, 0.1) is 5.92 Å². The maximum atomic E-state index is 13.6.